The van der Waals surface area contributed by atoms with E-state index < -0.39 is 0 Å². The molecule has 0 aliphatic heterocycles. The van der Waals surface area contributed by atoms with E-state index in [-0.39, 0.29) is 17.7 Å². The Labute approximate surface area is 196 Å². The zero-order valence-corrected chi connectivity index (χ0v) is 19.6. The molecule has 7 nitrogen and oxygen atoms in total. The van der Waals surface area contributed by atoms with Crippen LogP contribution in [0.15, 0.2) is 53.5 Å². The zero-order chi connectivity index (χ0) is 23.5. The summed E-state index contributed by atoms with van der Waals surface area (Å²) in [5, 5.41) is 12.3. The number of carbonyl (C=O) groups excluding carboxylic acids is 2. The zero-order valence-electron chi connectivity index (χ0n) is 19.6. The second-order valence-electron chi connectivity index (χ2n) is 8.32. The molecule has 1 aliphatic carbocycles. The molecule has 2 amide bonds. The van der Waals surface area contributed by atoms with Crippen LogP contribution in [0.2, 0.25) is 0 Å². The number of aliphatic imine (C=N–C) groups is 1. The molecule has 0 atom stereocenters. The molecule has 0 heterocycles. The van der Waals surface area contributed by atoms with Gasteiger partial charge in [0.1, 0.15) is 0 Å². The average Bonchev–Trinajstić information content (AvgIpc) is 3.38. The number of amides is 2. The number of benzene rings is 2. The fourth-order valence-corrected chi connectivity index (χ4v) is 4.03. The first kappa shape index (κ1) is 24.3. The molecule has 0 radical (unpaired) electrons. The standard InChI is InChI=1S/C26H35N5O2/c1-3-28-26(29-15-14-19-8-6-12-22(16-19)24(32)27-2)30-18-20-9-7-13-23(17-20)31-25(33)21-10-4-5-11-21/h6-9,12-13,16-17,21H,3-5,10-11,14-15,18H2,1-2H3,(H,27,32)(H,31,33)(H2,28,29,30). The van der Waals surface area contributed by atoms with Crippen LogP contribution in [0.4, 0.5) is 5.69 Å². The van der Waals surface area contributed by atoms with Crippen LogP contribution >= 0.6 is 0 Å². The van der Waals surface area contributed by atoms with Crippen LogP contribution in [0, 0.1) is 5.92 Å². The molecule has 0 aromatic heterocycles. The molecule has 33 heavy (non-hydrogen) atoms. The van der Waals surface area contributed by atoms with Gasteiger partial charge >= 0.3 is 0 Å². The minimum absolute atomic E-state index is 0.0821. The van der Waals surface area contributed by atoms with Crippen LogP contribution < -0.4 is 21.3 Å². The number of anilines is 1. The van der Waals surface area contributed by atoms with Crippen molar-refractivity contribution in [1.29, 1.82) is 0 Å². The highest BCUT2D eigenvalue weighted by Gasteiger charge is 2.22. The Balaban J connectivity index is 1.54. The van der Waals surface area contributed by atoms with Crippen LogP contribution in [0.5, 0.6) is 0 Å². The van der Waals surface area contributed by atoms with Gasteiger partial charge in [-0.3, -0.25) is 9.59 Å². The van der Waals surface area contributed by atoms with Gasteiger partial charge in [0.25, 0.3) is 5.91 Å². The van der Waals surface area contributed by atoms with E-state index in [1.165, 1.54) is 0 Å². The minimum atomic E-state index is -0.0821. The van der Waals surface area contributed by atoms with E-state index in [0.29, 0.717) is 18.7 Å². The van der Waals surface area contributed by atoms with Crippen molar-refractivity contribution < 1.29 is 9.59 Å². The van der Waals surface area contributed by atoms with E-state index in [0.717, 1.165) is 61.4 Å². The summed E-state index contributed by atoms with van der Waals surface area (Å²) in [6.07, 6.45) is 5.05. The van der Waals surface area contributed by atoms with Gasteiger partial charge in [-0.2, -0.15) is 0 Å². The molecule has 4 N–H and O–H groups in total. The van der Waals surface area contributed by atoms with Crippen molar-refractivity contribution in [2.24, 2.45) is 10.9 Å². The molecular weight excluding hydrogens is 414 g/mol. The fourth-order valence-electron chi connectivity index (χ4n) is 4.03. The molecule has 1 saturated carbocycles. The minimum Gasteiger partial charge on any atom is -0.357 e. The molecule has 3 rings (SSSR count). The highest BCUT2D eigenvalue weighted by Crippen LogP contribution is 2.26. The third-order valence-corrected chi connectivity index (χ3v) is 5.81. The third-order valence-electron chi connectivity index (χ3n) is 5.81. The Morgan fingerprint density at radius 3 is 2.52 bits per heavy atom. The van der Waals surface area contributed by atoms with Gasteiger partial charge in [0.15, 0.2) is 5.96 Å². The molecule has 7 heteroatoms. The van der Waals surface area contributed by atoms with E-state index in [4.69, 9.17) is 0 Å². The van der Waals surface area contributed by atoms with Crippen molar-refractivity contribution in [1.82, 2.24) is 16.0 Å². The van der Waals surface area contributed by atoms with E-state index in [9.17, 15) is 9.59 Å². The van der Waals surface area contributed by atoms with Crippen molar-refractivity contribution in [2.45, 2.75) is 45.6 Å². The fraction of sp³-hybridized carbons (Fsp3) is 0.423. The first-order chi connectivity index (χ1) is 16.1. The van der Waals surface area contributed by atoms with Crippen LogP contribution in [0.25, 0.3) is 0 Å². The highest BCUT2D eigenvalue weighted by atomic mass is 16.2. The Kier molecular flexibility index (Phi) is 9.30. The first-order valence-corrected chi connectivity index (χ1v) is 11.8. The van der Waals surface area contributed by atoms with E-state index in [2.05, 4.69) is 26.3 Å². The van der Waals surface area contributed by atoms with E-state index in [1.54, 1.807) is 7.05 Å². The number of nitrogens with one attached hydrogen (secondary N) is 4. The molecule has 0 bridgehead atoms. The lowest BCUT2D eigenvalue weighted by Gasteiger charge is -2.13. The number of carbonyl (C=O) groups is 2. The predicted molar refractivity (Wildman–Crippen MR) is 133 cm³/mol. The van der Waals surface area contributed by atoms with Gasteiger partial charge in [0.2, 0.25) is 5.91 Å². The molecule has 0 saturated heterocycles. The molecular formula is C26H35N5O2. The largest absolute Gasteiger partial charge is 0.357 e. The lowest BCUT2D eigenvalue weighted by atomic mass is 10.1. The molecule has 0 unspecified atom stereocenters. The van der Waals surface area contributed by atoms with Crippen LogP contribution in [-0.2, 0) is 17.8 Å². The highest BCUT2D eigenvalue weighted by molar-refractivity contribution is 5.94. The summed E-state index contributed by atoms with van der Waals surface area (Å²) in [7, 11) is 1.63. The molecule has 2 aromatic rings. The number of hydrogen-bond donors (Lipinski definition) is 4. The Morgan fingerprint density at radius 1 is 1.00 bits per heavy atom. The number of guanidine groups is 1. The SMILES string of the molecule is CCNC(=NCc1cccc(NC(=O)C2CCCC2)c1)NCCc1cccc(C(=O)NC)c1. The van der Waals surface area contributed by atoms with Crippen molar-refractivity contribution in [3.63, 3.8) is 0 Å². The topological polar surface area (TPSA) is 94.6 Å². The van der Waals surface area contributed by atoms with Gasteiger partial charge in [0, 0.05) is 37.3 Å². The molecule has 1 fully saturated rings. The van der Waals surface area contributed by atoms with Gasteiger partial charge in [-0.15, -0.1) is 0 Å². The number of hydrogen-bond acceptors (Lipinski definition) is 3. The summed E-state index contributed by atoms with van der Waals surface area (Å²) in [6, 6.07) is 15.5. The van der Waals surface area contributed by atoms with Gasteiger partial charge in [-0.1, -0.05) is 37.1 Å². The first-order valence-electron chi connectivity index (χ1n) is 11.8. The molecule has 1 aliphatic rings. The van der Waals surface area contributed by atoms with Gasteiger partial charge in [0.05, 0.1) is 6.54 Å². The second kappa shape index (κ2) is 12.6. The quantitative estimate of drug-likeness (QED) is 0.348. The summed E-state index contributed by atoms with van der Waals surface area (Å²) in [5.41, 5.74) is 3.61. The molecule has 2 aromatic carbocycles. The summed E-state index contributed by atoms with van der Waals surface area (Å²) < 4.78 is 0. The summed E-state index contributed by atoms with van der Waals surface area (Å²) in [6.45, 7) is 3.99. The smallest absolute Gasteiger partial charge is 0.251 e. The Hall–Kier alpha value is -3.35. The van der Waals surface area contributed by atoms with Gasteiger partial charge in [-0.05, 0) is 61.6 Å². The van der Waals surface area contributed by atoms with Crippen LogP contribution in [0.3, 0.4) is 0 Å². The lowest BCUT2D eigenvalue weighted by molar-refractivity contribution is -0.119. The number of nitrogens with zero attached hydrogens (tertiary/aromatic N) is 1. The Bertz CT molecular complexity index is 967. The van der Waals surface area contributed by atoms with Crippen molar-refractivity contribution >= 4 is 23.5 Å². The number of rotatable bonds is 9. The van der Waals surface area contributed by atoms with E-state index in [1.807, 2.05) is 55.5 Å². The molecule has 0 spiro atoms. The lowest BCUT2D eigenvalue weighted by Crippen LogP contribution is -2.38. The van der Waals surface area contributed by atoms with Crippen molar-refractivity contribution in [3.8, 4) is 0 Å². The summed E-state index contributed by atoms with van der Waals surface area (Å²) in [4.78, 5) is 28.9. The van der Waals surface area contributed by atoms with Gasteiger partial charge < -0.3 is 21.3 Å². The Morgan fingerprint density at radius 2 is 1.76 bits per heavy atom. The normalized spacial score (nSPS) is 14.1. The monoisotopic (exact) mass is 449 g/mol. The summed E-state index contributed by atoms with van der Waals surface area (Å²) >= 11 is 0. The maximum absolute atomic E-state index is 12.4. The predicted octanol–water partition coefficient (Wildman–Crippen LogP) is 3.47. The van der Waals surface area contributed by atoms with Crippen molar-refractivity contribution in [2.75, 3.05) is 25.5 Å². The van der Waals surface area contributed by atoms with Crippen LogP contribution in [0.1, 0.15) is 54.1 Å². The summed E-state index contributed by atoms with van der Waals surface area (Å²) in [5.74, 6) is 0.929. The van der Waals surface area contributed by atoms with Crippen molar-refractivity contribution in [3.05, 3.63) is 65.2 Å². The molecule has 176 valence electrons. The van der Waals surface area contributed by atoms with Gasteiger partial charge in [-0.25, -0.2) is 4.99 Å². The maximum atomic E-state index is 12.4. The third kappa shape index (κ3) is 7.63. The maximum Gasteiger partial charge on any atom is 0.251 e. The van der Waals surface area contributed by atoms with Crippen LogP contribution in [-0.4, -0.2) is 37.9 Å². The van der Waals surface area contributed by atoms with E-state index >= 15 is 0 Å². The average molecular weight is 450 g/mol. The second-order valence-corrected chi connectivity index (χ2v) is 8.32.